The molecule has 4 atom stereocenters. The number of aliphatic hydroxyl groups is 4. The van der Waals surface area contributed by atoms with Crippen LogP contribution in [0.15, 0.2) is 11.6 Å². The summed E-state index contributed by atoms with van der Waals surface area (Å²) in [5.74, 6) is 0. The zero-order valence-electron chi connectivity index (χ0n) is 6.46. The highest BCUT2D eigenvalue weighted by molar-refractivity contribution is 5.20. The van der Waals surface area contributed by atoms with Crippen LogP contribution >= 0.6 is 0 Å². The Kier molecular flexibility index (Phi) is 2.81. The van der Waals surface area contributed by atoms with E-state index in [4.69, 9.17) is 15.9 Å². The van der Waals surface area contributed by atoms with Gasteiger partial charge in [-0.25, -0.2) is 0 Å². The molecule has 0 heterocycles. The van der Waals surface area contributed by atoms with Crippen LogP contribution in [0.25, 0.3) is 0 Å². The maximum Gasteiger partial charge on any atom is 0.111 e. The summed E-state index contributed by atoms with van der Waals surface area (Å²) in [5, 5.41) is 36.3. The van der Waals surface area contributed by atoms with Crippen LogP contribution in [0, 0.1) is 0 Å². The van der Waals surface area contributed by atoms with Crippen molar-refractivity contribution in [2.24, 2.45) is 5.73 Å². The summed E-state index contributed by atoms with van der Waals surface area (Å²) in [5.41, 5.74) is 5.64. The summed E-state index contributed by atoms with van der Waals surface area (Å²) in [6.07, 6.45) is -2.34. The second-order valence-corrected chi connectivity index (χ2v) is 2.90. The molecule has 0 unspecified atom stereocenters. The van der Waals surface area contributed by atoms with Crippen molar-refractivity contribution in [1.82, 2.24) is 0 Å². The number of nitrogens with two attached hydrogens (primary N) is 1. The van der Waals surface area contributed by atoms with Gasteiger partial charge >= 0.3 is 0 Å². The second kappa shape index (κ2) is 3.51. The molecule has 1 aliphatic rings. The van der Waals surface area contributed by atoms with Crippen molar-refractivity contribution < 1.29 is 20.4 Å². The summed E-state index contributed by atoms with van der Waals surface area (Å²) in [4.78, 5) is 0. The van der Waals surface area contributed by atoms with Crippen LogP contribution in [0.3, 0.4) is 0 Å². The summed E-state index contributed by atoms with van der Waals surface area (Å²) >= 11 is 0. The van der Waals surface area contributed by atoms with Crippen molar-refractivity contribution in [2.45, 2.75) is 24.4 Å². The Balaban J connectivity index is 2.84. The quantitative estimate of drug-likeness (QED) is 0.279. The highest BCUT2D eigenvalue weighted by Crippen LogP contribution is 2.18. The summed E-state index contributed by atoms with van der Waals surface area (Å²) in [7, 11) is 0. The van der Waals surface area contributed by atoms with E-state index < -0.39 is 24.4 Å². The Labute approximate surface area is 69.8 Å². The van der Waals surface area contributed by atoms with Gasteiger partial charge in [-0.3, -0.25) is 0 Å². The molecule has 5 nitrogen and oxygen atoms in total. The van der Waals surface area contributed by atoms with Gasteiger partial charge in [0.15, 0.2) is 0 Å². The summed E-state index contributed by atoms with van der Waals surface area (Å²) < 4.78 is 0. The smallest absolute Gasteiger partial charge is 0.111 e. The maximum atomic E-state index is 9.23. The Hall–Kier alpha value is -0.460. The lowest BCUT2D eigenvalue weighted by molar-refractivity contribution is -0.0596. The molecule has 0 aliphatic heterocycles. The molecule has 0 fully saturated rings. The van der Waals surface area contributed by atoms with Gasteiger partial charge in [-0.2, -0.15) is 0 Å². The minimum absolute atomic E-state index is 0.250. The molecule has 0 spiro atoms. The Bertz CT molecular complexity index is 194. The molecular formula is C7H13NO4. The van der Waals surface area contributed by atoms with Gasteiger partial charge in [0, 0.05) is 0 Å². The fourth-order valence-electron chi connectivity index (χ4n) is 1.22. The molecule has 1 rings (SSSR count). The van der Waals surface area contributed by atoms with Crippen molar-refractivity contribution in [1.29, 1.82) is 0 Å². The van der Waals surface area contributed by atoms with Crippen LogP contribution < -0.4 is 5.73 Å². The largest absolute Gasteiger partial charge is 0.392 e. The Morgan fingerprint density at radius 3 is 2.33 bits per heavy atom. The van der Waals surface area contributed by atoms with E-state index >= 15 is 0 Å². The number of rotatable bonds is 1. The molecule has 12 heavy (non-hydrogen) atoms. The van der Waals surface area contributed by atoms with Crippen molar-refractivity contribution in [3.8, 4) is 0 Å². The molecule has 5 heteroatoms. The molecule has 0 aromatic heterocycles. The first-order valence-corrected chi connectivity index (χ1v) is 3.69. The standard InChI is InChI=1S/C7H13NO4/c8-4-1-3(2-9)5(10)7(12)6(4)11/h1,4-7,9-12H,2,8H2/t4-,5+,6-,7-/m1/s1. The topological polar surface area (TPSA) is 107 Å². The van der Waals surface area contributed by atoms with Crippen molar-refractivity contribution in [2.75, 3.05) is 6.61 Å². The van der Waals surface area contributed by atoms with E-state index in [0.29, 0.717) is 0 Å². The van der Waals surface area contributed by atoms with E-state index in [-0.39, 0.29) is 12.2 Å². The highest BCUT2D eigenvalue weighted by atomic mass is 16.4. The molecule has 0 amide bonds. The van der Waals surface area contributed by atoms with E-state index in [1.165, 1.54) is 6.08 Å². The minimum Gasteiger partial charge on any atom is -0.392 e. The van der Waals surface area contributed by atoms with Crippen molar-refractivity contribution in [3.63, 3.8) is 0 Å². The van der Waals surface area contributed by atoms with E-state index in [1.54, 1.807) is 0 Å². The van der Waals surface area contributed by atoms with Crippen LogP contribution in [0.5, 0.6) is 0 Å². The first kappa shape index (κ1) is 9.63. The van der Waals surface area contributed by atoms with Gasteiger partial charge in [0.25, 0.3) is 0 Å². The third-order valence-electron chi connectivity index (χ3n) is 2.04. The maximum absolute atomic E-state index is 9.23. The van der Waals surface area contributed by atoms with Gasteiger partial charge in [0.1, 0.15) is 18.3 Å². The lowest BCUT2D eigenvalue weighted by atomic mass is 9.89. The molecule has 70 valence electrons. The van der Waals surface area contributed by atoms with E-state index in [0.717, 1.165) is 0 Å². The van der Waals surface area contributed by atoms with Crippen LogP contribution in [-0.4, -0.2) is 51.4 Å². The molecular weight excluding hydrogens is 162 g/mol. The van der Waals surface area contributed by atoms with Gasteiger partial charge in [-0.15, -0.1) is 0 Å². The molecule has 0 bridgehead atoms. The minimum atomic E-state index is -1.31. The molecule has 0 aromatic carbocycles. The number of aliphatic hydroxyl groups excluding tert-OH is 4. The zero-order valence-corrected chi connectivity index (χ0v) is 6.46. The number of hydrogen-bond donors (Lipinski definition) is 5. The van der Waals surface area contributed by atoms with Gasteiger partial charge in [0.2, 0.25) is 0 Å². The van der Waals surface area contributed by atoms with Crippen LogP contribution in [0.1, 0.15) is 0 Å². The van der Waals surface area contributed by atoms with Gasteiger partial charge in [-0.1, -0.05) is 6.08 Å². The second-order valence-electron chi connectivity index (χ2n) is 2.90. The van der Waals surface area contributed by atoms with E-state index in [1.807, 2.05) is 0 Å². The third-order valence-corrected chi connectivity index (χ3v) is 2.04. The van der Waals surface area contributed by atoms with Gasteiger partial charge in [0.05, 0.1) is 12.6 Å². The predicted molar refractivity (Wildman–Crippen MR) is 41.2 cm³/mol. The first-order valence-electron chi connectivity index (χ1n) is 3.69. The predicted octanol–water partition coefficient (Wildman–Crippen LogP) is -2.67. The van der Waals surface area contributed by atoms with E-state index in [9.17, 15) is 10.2 Å². The molecule has 0 saturated carbocycles. The fraction of sp³-hybridized carbons (Fsp3) is 0.714. The summed E-state index contributed by atoms with van der Waals surface area (Å²) in [6, 6.07) is -0.731. The van der Waals surface area contributed by atoms with E-state index in [2.05, 4.69) is 0 Å². The van der Waals surface area contributed by atoms with Crippen molar-refractivity contribution in [3.05, 3.63) is 11.6 Å². The zero-order chi connectivity index (χ0) is 9.30. The normalized spacial score (nSPS) is 42.6. The third kappa shape index (κ3) is 1.50. The molecule has 0 saturated heterocycles. The summed E-state index contributed by atoms with van der Waals surface area (Å²) in [6.45, 7) is -0.362. The molecule has 0 radical (unpaired) electrons. The average Bonchev–Trinajstić information content (AvgIpc) is 2.08. The highest BCUT2D eigenvalue weighted by Gasteiger charge is 2.34. The number of hydrogen-bond acceptors (Lipinski definition) is 5. The van der Waals surface area contributed by atoms with Gasteiger partial charge < -0.3 is 26.2 Å². The average molecular weight is 175 g/mol. The first-order chi connectivity index (χ1) is 5.57. The lowest BCUT2D eigenvalue weighted by Gasteiger charge is -2.32. The molecule has 6 N–H and O–H groups in total. The lowest BCUT2D eigenvalue weighted by Crippen LogP contribution is -2.52. The fourth-order valence-corrected chi connectivity index (χ4v) is 1.22. The van der Waals surface area contributed by atoms with Gasteiger partial charge in [-0.05, 0) is 5.57 Å². The molecule has 1 aliphatic carbocycles. The molecule has 0 aromatic rings. The van der Waals surface area contributed by atoms with Crippen LogP contribution in [-0.2, 0) is 0 Å². The monoisotopic (exact) mass is 175 g/mol. The Morgan fingerprint density at radius 1 is 1.25 bits per heavy atom. The van der Waals surface area contributed by atoms with Crippen LogP contribution in [0.2, 0.25) is 0 Å². The van der Waals surface area contributed by atoms with Crippen LogP contribution in [0.4, 0.5) is 0 Å². The Morgan fingerprint density at radius 2 is 1.83 bits per heavy atom. The van der Waals surface area contributed by atoms with Crippen molar-refractivity contribution >= 4 is 0 Å². The SMILES string of the molecule is N[C@@H]1C=C(CO)[C@H](O)[C@@H](O)[C@@H]1O.